The van der Waals surface area contributed by atoms with Crippen molar-refractivity contribution >= 4 is 21.6 Å². The van der Waals surface area contributed by atoms with Crippen LogP contribution in [0, 0.1) is 6.92 Å². The van der Waals surface area contributed by atoms with Crippen molar-refractivity contribution in [3.05, 3.63) is 59.7 Å². The Morgan fingerprint density at radius 3 is 2.10 bits per heavy atom. The van der Waals surface area contributed by atoms with Gasteiger partial charge < -0.3 is 5.32 Å². The molecule has 0 bridgehead atoms. The van der Waals surface area contributed by atoms with Gasteiger partial charge in [0.15, 0.2) is 0 Å². The topological polar surface area (TPSA) is 66.5 Å². The van der Waals surface area contributed by atoms with Crippen LogP contribution >= 0.6 is 0 Å². The van der Waals surface area contributed by atoms with Gasteiger partial charge in [-0.2, -0.15) is 0 Å². The van der Waals surface area contributed by atoms with Gasteiger partial charge in [0.25, 0.3) is 10.0 Å². The summed E-state index contributed by atoms with van der Waals surface area (Å²) in [6.45, 7) is 9.79. The van der Waals surface area contributed by atoms with E-state index in [-0.39, 0.29) is 23.4 Å². The van der Waals surface area contributed by atoms with Gasteiger partial charge in [0.05, 0.1) is 10.6 Å². The number of hydrogen-bond donors (Lipinski definition) is 1. The van der Waals surface area contributed by atoms with Crippen LogP contribution in [0.2, 0.25) is 0 Å². The first-order chi connectivity index (χ1) is 13.6. The highest BCUT2D eigenvalue weighted by atomic mass is 32.2. The van der Waals surface area contributed by atoms with Crippen LogP contribution in [0.5, 0.6) is 0 Å². The first kappa shape index (κ1) is 22.9. The van der Waals surface area contributed by atoms with E-state index in [0.717, 1.165) is 24.0 Å². The lowest BCUT2D eigenvalue weighted by Crippen LogP contribution is -2.43. The van der Waals surface area contributed by atoms with Gasteiger partial charge in [0.1, 0.15) is 6.54 Å². The molecule has 5 nitrogen and oxygen atoms in total. The highest BCUT2D eigenvalue weighted by molar-refractivity contribution is 7.92. The molecule has 0 aromatic heterocycles. The van der Waals surface area contributed by atoms with Crippen molar-refractivity contribution < 1.29 is 13.2 Å². The molecule has 6 heteroatoms. The third-order valence-corrected chi connectivity index (χ3v) is 6.66. The van der Waals surface area contributed by atoms with Crippen molar-refractivity contribution in [2.45, 2.75) is 64.3 Å². The maximum Gasteiger partial charge on any atom is 0.264 e. The first-order valence-electron chi connectivity index (χ1n) is 10.1. The minimum atomic E-state index is -3.87. The molecule has 1 N–H and O–H groups in total. The standard InChI is InChI=1S/C23H32N2O3S/c1-6-7-19(5)24-23(26)16-25(21-12-10-20(11-13-21)17(2)3)29(27,28)22-14-8-18(4)9-15-22/h8-15,17,19H,6-7,16H2,1-5H3,(H,24,26)/t19-/m1/s1. The quantitative estimate of drug-likeness (QED) is 0.649. The fourth-order valence-corrected chi connectivity index (χ4v) is 4.56. The third-order valence-electron chi connectivity index (χ3n) is 4.87. The summed E-state index contributed by atoms with van der Waals surface area (Å²) in [5.74, 6) is 0.0268. The average Bonchev–Trinajstić information content (AvgIpc) is 2.66. The zero-order chi connectivity index (χ0) is 21.6. The Kier molecular flexibility index (Phi) is 7.85. The summed E-state index contributed by atoms with van der Waals surface area (Å²) in [5.41, 5.74) is 2.57. The normalized spacial score (nSPS) is 12.6. The van der Waals surface area contributed by atoms with Crippen LogP contribution < -0.4 is 9.62 Å². The second kappa shape index (κ2) is 9.92. The summed E-state index contributed by atoms with van der Waals surface area (Å²) in [6.07, 6.45) is 1.79. The molecule has 29 heavy (non-hydrogen) atoms. The van der Waals surface area contributed by atoms with Gasteiger partial charge in [-0.05, 0) is 56.0 Å². The molecule has 2 aromatic rings. The molecule has 0 aliphatic rings. The molecule has 158 valence electrons. The molecule has 2 rings (SSSR count). The van der Waals surface area contributed by atoms with Crippen molar-refractivity contribution in [3.63, 3.8) is 0 Å². The van der Waals surface area contributed by atoms with E-state index < -0.39 is 10.0 Å². The molecule has 1 atom stereocenters. The van der Waals surface area contributed by atoms with Gasteiger partial charge in [-0.3, -0.25) is 9.10 Å². The predicted molar refractivity (Wildman–Crippen MR) is 119 cm³/mol. The lowest BCUT2D eigenvalue weighted by atomic mass is 10.0. The summed E-state index contributed by atoms with van der Waals surface area (Å²) in [6, 6.07) is 14.0. The van der Waals surface area contributed by atoms with E-state index in [1.54, 1.807) is 36.4 Å². The number of benzene rings is 2. The van der Waals surface area contributed by atoms with Gasteiger partial charge >= 0.3 is 0 Å². The van der Waals surface area contributed by atoms with Crippen LogP contribution in [0.15, 0.2) is 53.4 Å². The van der Waals surface area contributed by atoms with Crippen LogP contribution in [-0.2, 0) is 14.8 Å². The number of nitrogens with one attached hydrogen (secondary N) is 1. The summed E-state index contributed by atoms with van der Waals surface area (Å²) < 4.78 is 27.9. The molecule has 1 amide bonds. The Bertz CT molecular complexity index is 904. The van der Waals surface area contributed by atoms with E-state index in [2.05, 4.69) is 19.2 Å². The number of carbonyl (C=O) groups is 1. The summed E-state index contributed by atoms with van der Waals surface area (Å²) in [5, 5.41) is 2.90. The summed E-state index contributed by atoms with van der Waals surface area (Å²) in [7, 11) is -3.87. The molecule has 0 unspecified atom stereocenters. The molecule has 0 aliphatic carbocycles. The van der Waals surface area contributed by atoms with Crippen molar-refractivity contribution in [3.8, 4) is 0 Å². The number of anilines is 1. The van der Waals surface area contributed by atoms with Crippen molar-refractivity contribution in [1.82, 2.24) is 5.32 Å². The second-order valence-electron chi connectivity index (χ2n) is 7.83. The SMILES string of the molecule is CCC[C@@H](C)NC(=O)CN(c1ccc(C(C)C)cc1)S(=O)(=O)c1ccc(C)cc1. The molecule has 0 fully saturated rings. The minimum Gasteiger partial charge on any atom is -0.352 e. The van der Waals surface area contributed by atoms with Gasteiger partial charge in [0.2, 0.25) is 5.91 Å². The number of carbonyl (C=O) groups excluding carboxylic acids is 1. The van der Waals surface area contributed by atoms with E-state index in [9.17, 15) is 13.2 Å². The second-order valence-corrected chi connectivity index (χ2v) is 9.69. The van der Waals surface area contributed by atoms with Crippen molar-refractivity contribution in [2.75, 3.05) is 10.8 Å². The molecule has 2 aromatic carbocycles. The number of sulfonamides is 1. The van der Waals surface area contributed by atoms with Crippen LogP contribution in [0.25, 0.3) is 0 Å². The van der Waals surface area contributed by atoms with Crippen LogP contribution in [0.1, 0.15) is 57.6 Å². The van der Waals surface area contributed by atoms with Crippen molar-refractivity contribution in [1.29, 1.82) is 0 Å². The third kappa shape index (κ3) is 6.07. The molecule has 0 saturated carbocycles. The van der Waals surface area contributed by atoms with Crippen LogP contribution in [0.3, 0.4) is 0 Å². The molecular weight excluding hydrogens is 384 g/mol. The lowest BCUT2D eigenvalue weighted by molar-refractivity contribution is -0.120. The molecule has 0 aliphatic heterocycles. The Morgan fingerprint density at radius 1 is 1.00 bits per heavy atom. The lowest BCUT2D eigenvalue weighted by Gasteiger charge is -2.25. The number of amides is 1. The fraction of sp³-hybridized carbons (Fsp3) is 0.435. The highest BCUT2D eigenvalue weighted by Gasteiger charge is 2.27. The van der Waals surface area contributed by atoms with Crippen LogP contribution in [0.4, 0.5) is 5.69 Å². The first-order valence-corrected chi connectivity index (χ1v) is 11.6. The molecule has 0 saturated heterocycles. The Hall–Kier alpha value is -2.34. The smallest absolute Gasteiger partial charge is 0.264 e. The van der Waals surface area contributed by atoms with Crippen molar-refractivity contribution in [2.24, 2.45) is 0 Å². The molecule has 0 radical (unpaired) electrons. The summed E-state index contributed by atoms with van der Waals surface area (Å²) in [4.78, 5) is 12.8. The van der Waals surface area contributed by atoms with Crippen LogP contribution in [-0.4, -0.2) is 26.9 Å². The monoisotopic (exact) mass is 416 g/mol. The molecular formula is C23H32N2O3S. The highest BCUT2D eigenvalue weighted by Crippen LogP contribution is 2.26. The maximum absolute atomic E-state index is 13.4. The van der Waals surface area contributed by atoms with Gasteiger partial charge in [0, 0.05) is 6.04 Å². The van der Waals surface area contributed by atoms with E-state index >= 15 is 0 Å². The van der Waals surface area contributed by atoms with Gasteiger partial charge in [-0.15, -0.1) is 0 Å². The van der Waals surface area contributed by atoms with E-state index in [1.165, 1.54) is 4.31 Å². The Balaban J connectivity index is 2.39. The van der Waals surface area contributed by atoms with E-state index in [0.29, 0.717) is 11.6 Å². The zero-order valence-electron chi connectivity index (χ0n) is 18.0. The van der Waals surface area contributed by atoms with Gasteiger partial charge in [-0.1, -0.05) is 57.0 Å². The van der Waals surface area contributed by atoms with Gasteiger partial charge in [-0.25, -0.2) is 8.42 Å². The van der Waals surface area contributed by atoms with E-state index in [1.807, 2.05) is 32.9 Å². The Labute approximate surface area is 175 Å². The molecule has 0 spiro atoms. The minimum absolute atomic E-state index is 0.000235. The fourth-order valence-electron chi connectivity index (χ4n) is 3.13. The largest absolute Gasteiger partial charge is 0.352 e. The number of rotatable bonds is 9. The van der Waals surface area contributed by atoms with E-state index in [4.69, 9.17) is 0 Å². The predicted octanol–water partition coefficient (Wildman–Crippen LogP) is 4.62. The Morgan fingerprint density at radius 2 is 1.59 bits per heavy atom. The number of hydrogen-bond acceptors (Lipinski definition) is 3. The summed E-state index contributed by atoms with van der Waals surface area (Å²) >= 11 is 0. The average molecular weight is 417 g/mol. The number of nitrogens with zero attached hydrogens (tertiary/aromatic N) is 1. The molecule has 0 heterocycles. The maximum atomic E-state index is 13.4. The number of aryl methyl sites for hydroxylation is 1. The zero-order valence-corrected chi connectivity index (χ0v) is 18.8.